The van der Waals surface area contributed by atoms with E-state index in [2.05, 4.69) is 41.1 Å². The summed E-state index contributed by atoms with van der Waals surface area (Å²) in [6.07, 6.45) is 6.25. The predicted molar refractivity (Wildman–Crippen MR) is 70.7 cm³/mol. The van der Waals surface area contributed by atoms with Crippen molar-refractivity contribution in [1.82, 2.24) is 25.1 Å². The van der Waals surface area contributed by atoms with Crippen molar-refractivity contribution in [3.05, 3.63) is 16.5 Å². The van der Waals surface area contributed by atoms with Crippen LogP contribution in [0.25, 0.3) is 11.6 Å². The largest absolute Gasteiger partial charge is 0.383 e. The first-order chi connectivity index (χ1) is 8.75. The van der Waals surface area contributed by atoms with Gasteiger partial charge in [-0.05, 0) is 28.8 Å². The van der Waals surface area contributed by atoms with Gasteiger partial charge in [0.1, 0.15) is 12.1 Å². The van der Waals surface area contributed by atoms with Crippen LogP contribution >= 0.6 is 15.9 Å². The van der Waals surface area contributed by atoms with Crippen molar-refractivity contribution < 1.29 is 0 Å². The van der Waals surface area contributed by atoms with Crippen LogP contribution in [0.3, 0.4) is 0 Å². The van der Waals surface area contributed by atoms with Crippen molar-refractivity contribution in [2.24, 2.45) is 0 Å². The molecule has 0 saturated heterocycles. The third-order valence-electron chi connectivity index (χ3n) is 3.27. The Morgan fingerprint density at radius 3 is 2.72 bits per heavy atom. The van der Waals surface area contributed by atoms with Crippen LogP contribution in [-0.2, 0) is 0 Å². The molecule has 7 heteroatoms. The molecule has 0 bridgehead atoms. The lowest BCUT2D eigenvalue weighted by atomic mass is 10.0. The summed E-state index contributed by atoms with van der Waals surface area (Å²) >= 11 is 3.49. The molecule has 1 fully saturated rings. The van der Waals surface area contributed by atoms with E-state index in [9.17, 15) is 0 Å². The fourth-order valence-corrected chi connectivity index (χ4v) is 2.87. The highest BCUT2D eigenvalue weighted by atomic mass is 79.9. The molecule has 3 N–H and O–H groups in total. The number of nitrogen functional groups attached to an aromatic ring is 1. The molecule has 1 saturated carbocycles. The number of hydrogen-bond acceptors (Lipinski definition) is 5. The first-order valence-electron chi connectivity index (χ1n) is 5.94. The van der Waals surface area contributed by atoms with Gasteiger partial charge in [0.2, 0.25) is 0 Å². The van der Waals surface area contributed by atoms with Gasteiger partial charge < -0.3 is 5.73 Å². The zero-order valence-electron chi connectivity index (χ0n) is 9.73. The van der Waals surface area contributed by atoms with Crippen LogP contribution in [0.2, 0.25) is 0 Å². The molecular weight excluding hydrogens is 296 g/mol. The van der Waals surface area contributed by atoms with E-state index < -0.39 is 0 Å². The van der Waals surface area contributed by atoms with Crippen LogP contribution in [0.5, 0.6) is 0 Å². The molecule has 1 aliphatic carbocycles. The molecule has 94 valence electrons. The van der Waals surface area contributed by atoms with Crippen LogP contribution < -0.4 is 5.73 Å². The van der Waals surface area contributed by atoms with Crippen LogP contribution in [0, 0.1) is 0 Å². The minimum absolute atomic E-state index is 0.457. The number of anilines is 1. The molecule has 0 spiro atoms. The number of rotatable bonds is 2. The predicted octanol–water partition coefficient (Wildman–Crippen LogP) is 2.26. The Bertz CT molecular complexity index is 547. The van der Waals surface area contributed by atoms with Gasteiger partial charge in [0.15, 0.2) is 11.6 Å². The van der Waals surface area contributed by atoms with E-state index in [-0.39, 0.29) is 0 Å². The van der Waals surface area contributed by atoms with Crippen molar-refractivity contribution in [3.8, 4) is 11.6 Å². The average molecular weight is 309 g/mol. The second-order valence-corrected chi connectivity index (χ2v) is 5.24. The molecule has 2 aromatic heterocycles. The minimum Gasteiger partial charge on any atom is -0.383 e. The van der Waals surface area contributed by atoms with Gasteiger partial charge >= 0.3 is 0 Å². The summed E-state index contributed by atoms with van der Waals surface area (Å²) in [5.41, 5.74) is 6.93. The highest BCUT2D eigenvalue weighted by Crippen LogP contribution is 2.38. The number of nitrogens with zero attached hydrogens (tertiary/aromatic N) is 4. The number of nitrogens with one attached hydrogen (secondary N) is 1. The van der Waals surface area contributed by atoms with Gasteiger partial charge in [0, 0.05) is 5.92 Å². The van der Waals surface area contributed by atoms with Crippen LogP contribution in [0.15, 0.2) is 10.8 Å². The summed E-state index contributed by atoms with van der Waals surface area (Å²) in [5.74, 6) is 1.98. The van der Waals surface area contributed by atoms with E-state index in [1.54, 1.807) is 0 Å². The topological polar surface area (TPSA) is 93.4 Å². The average Bonchev–Trinajstić information content (AvgIpc) is 3.03. The Labute approximate surface area is 113 Å². The molecule has 0 aliphatic heterocycles. The maximum Gasteiger partial charge on any atom is 0.199 e. The molecule has 0 atom stereocenters. The van der Waals surface area contributed by atoms with Crippen LogP contribution in [0.4, 0.5) is 5.82 Å². The summed E-state index contributed by atoms with van der Waals surface area (Å²) in [4.78, 5) is 12.9. The van der Waals surface area contributed by atoms with Crippen LogP contribution in [0.1, 0.15) is 37.3 Å². The Hall–Kier alpha value is -1.50. The maximum atomic E-state index is 5.94. The Morgan fingerprint density at radius 2 is 2.06 bits per heavy atom. The van der Waals surface area contributed by atoms with Crippen molar-refractivity contribution >= 4 is 21.7 Å². The first-order valence-corrected chi connectivity index (χ1v) is 6.73. The molecule has 1 aliphatic rings. The van der Waals surface area contributed by atoms with Gasteiger partial charge in [0.05, 0.1) is 10.2 Å². The number of hydrogen-bond donors (Lipinski definition) is 2. The van der Waals surface area contributed by atoms with E-state index in [1.165, 1.54) is 19.2 Å². The number of nitrogens with two attached hydrogens (primary N) is 1. The van der Waals surface area contributed by atoms with Gasteiger partial charge in [-0.2, -0.15) is 5.10 Å². The van der Waals surface area contributed by atoms with E-state index in [4.69, 9.17) is 5.73 Å². The molecule has 0 amide bonds. The van der Waals surface area contributed by atoms with Crippen molar-refractivity contribution in [2.75, 3.05) is 5.73 Å². The van der Waals surface area contributed by atoms with Gasteiger partial charge in [-0.1, -0.05) is 12.8 Å². The maximum absolute atomic E-state index is 5.94. The van der Waals surface area contributed by atoms with Crippen LogP contribution in [-0.4, -0.2) is 25.1 Å². The highest BCUT2D eigenvalue weighted by molar-refractivity contribution is 9.10. The second kappa shape index (κ2) is 4.64. The summed E-state index contributed by atoms with van der Waals surface area (Å²) in [6.45, 7) is 0. The lowest BCUT2D eigenvalue weighted by Gasteiger charge is -2.12. The van der Waals surface area contributed by atoms with E-state index >= 15 is 0 Å². The third kappa shape index (κ3) is 1.98. The number of aromatic nitrogens is 5. The fraction of sp³-hybridized carbons (Fsp3) is 0.455. The number of aromatic amines is 1. The normalized spacial score (nSPS) is 16.3. The smallest absolute Gasteiger partial charge is 0.199 e. The molecule has 3 rings (SSSR count). The third-order valence-corrected chi connectivity index (χ3v) is 4.08. The van der Waals surface area contributed by atoms with Gasteiger partial charge in [-0.25, -0.2) is 15.0 Å². The molecule has 18 heavy (non-hydrogen) atoms. The lowest BCUT2D eigenvalue weighted by Crippen LogP contribution is -2.06. The Kier molecular flexibility index (Phi) is 2.99. The van der Waals surface area contributed by atoms with Crippen molar-refractivity contribution in [2.45, 2.75) is 31.6 Å². The van der Waals surface area contributed by atoms with Crippen molar-refractivity contribution in [1.29, 1.82) is 0 Å². The quantitative estimate of drug-likeness (QED) is 0.887. The zero-order chi connectivity index (χ0) is 12.5. The van der Waals surface area contributed by atoms with Gasteiger partial charge in [0.25, 0.3) is 0 Å². The monoisotopic (exact) mass is 308 g/mol. The molecular formula is C11H13BrN6. The Morgan fingerprint density at radius 1 is 1.28 bits per heavy atom. The Balaban J connectivity index is 2.07. The molecule has 0 radical (unpaired) electrons. The zero-order valence-corrected chi connectivity index (χ0v) is 11.3. The second-order valence-electron chi connectivity index (χ2n) is 4.45. The molecule has 0 aromatic carbocycles. The SMILES string of the molecule is Nc1nc(-c2ncn[nH]2)nc(C2CCCC2)c1Br. The summed E-state index contributed by atoms with van der Waals surface area (Å²) in [5, 5.41) is 6.57. The summed E-state index contributed by atoms with van der Waals surface area (Å²) in [6, 6.07) is 0. The lowest BCUT2D eigenvalue weighted by molar-refractivity contribution is 0.691. The standard InChI is InChI=1S/C11H13BrN6/c12-7-8(6-3-1-2-4-6)16-11(17-9(7)13)10-14-5-15-18-10/h5-6H,1-4H2,(H2,13,16,17)(H,14,15,18). The highest BCUT2D eigenvalue weighted by Gasteiger charge is 2.24. The molecule has 6 nitrogen and oxygen atoms in total. The number of halogens is 1. The van der Waals surface area contributed by atoms with Gasteiger partial charge in [-0.15, -0.1) is 0 Å². The summed E-state index contributed by atoms with van der Waals surface area (Å²) < 4.78 is 0.817. The fourth-order valence-electron chi connectivity index (χ4n) is 2.37. The first kappa shape index (κ1) is 11.6. The molecule has 2 heterocycles. The van der Waals surface area contributed by atoms with E-state index in [0.29, 0.717) is 23.4 Å². The van der Waals surface area contributed by atoms with E-state index in [1.807, 2.05) is 0 Å². The van der Waals surface area contributed by atoms with E-state index in [0.717, 1.165) is 23.0 Å². The molecule has 2 aromatic rings. The number of H-pyrrole nitrogens is 1. The minimum atomic E-state index is 0.457. The summed E-state index contributed by atoms with van der Waals surface area (Å²) in [7, 11) is 0. The van der Waals surface area contributed by atoms with Crippen molar-refractivity contribution in [3.63, 3.8) is 0 Å². The molecule has 0 unspecified atom stereocenters. The van der Waals surface area contributed by atoms with Gasteiger partial charge in [-0.3, -0.25) is 5.10 Å².